The van der Waals surface area contributed by atoms with E-state index in [2.05, 4.69) is 29.0 Å². The van der Waals surface area contributed by atoms with Gasteiger partial charge in [0.15, 0.2) is 0 Å². The molecule has 2 heterocycles. The molecule has 0 radical (unpaired) electrons. The van der Waals surface area contributed by atoms with Crippen molar-refractivity contribution in [3.63, 3.8) is 0 Å². The minimum Gasteiger partial charge on any atom is -0.432 e. The normalized spacial score (nSPS) is 16.8. The molecule has 1 fully saturated rings. The number of hydrogen-bond donors (Lipinski definition) is 1. The molecular weight excluding hydrogens is 234 g/mol. The molecule has 0 aliphatic carbocycles. The molecule has 1 N–H and O–H groups in total. The van der Waals surface area contributed by atoms with E-state index in [9.17, 15) is 0 Å². The first-order valence-corrected chi connectivity index (χ1v) is 7.39. The third-order valence-corrected chi connectivity index (χ3v) is 3.62. The van der Waals surface area contributed by atoms with Crippen LogP contribution in [0.4, 0.5) is 6.01 Å². The summed E-state index contributed by atoms with van der Waals surface area (Å²) in [5.41, 5.74) is 0.999. The van der Waals surface area contributed by atoms with Gasteiger partial charge in [-0.2, -0.15) is 16.7 Å². The first-order chi connectivity index (χ1) is 8.25. The predicted octanol–water partition coefficient (Wildman–Crippen LogP) is 1.97. The van der Waals surface area contributed by atoms with E-state index in [0.717, 1.165) is 37.9 Å². The summed E-state index contributed by atoms with van der Waals surface area (Å²) in [5, 5.41) is 3.37. The van der Waals surface area contributed by atoms with Crippen molar-refractivity contribution in [2.45, 2.75) is 20.4 Å². The molecule has 4 nitrogen and oxygen atoms in total. The van der Waals surface area contributed by atoms with E-state index < -0.39 is 0 Å². The van der Waals surface area contributed by atoms with Crippen molar-refractivity contribution < 1.29 is 4.42 Å². The van der Waals surface area contributed by atoms with Gasteiger partial charge in [0.05, 0.1) is 5.69 Å². The molecule has 0 aromatic carbocycles. The average Bonchev–Trinajstić information content (AvgIpc) is 2.78. The van der Waals surface area contributed by atoms with Crippen molar-refractivity contribution >= 4 is 17.8 Å². The summed E-state index contributed by atoms with van der Waals surface area (Å²) in [6, 6.07) is 0.784. The highest BCUT2D eigenvalue weighted by molar-refractivity contribution is 7.99. The van der Waals surface area contributed by atoms with Crippen LogP contribution in [0.3, 0.4) is 0 Å². The number of thioether (sulfide) groups is 1. The number of hydrogen-bond acceptors (Lipinski definition) is 5. The molecule has 1 aliphatic heterocycles. The molecule has 0 saturated carbocycles. The molecule has 0 atom stereocenters. The van der Waals surface area contributed by atoms with Crippen LogP contribution in [0.5, 0.6) is 0 Å². The molecule has 0 unspecified atom stereocenters. The summed E-state index contributed by atoms with van der Waals surface area (Å²) in [4.78, 5) is 6.74. The fourth-order valence-electron chi connectivity index (χ4n) is 1.77. The number of oxazole rings is 1. The standard InChI is InChI=1S/C12H21N3OS/c1-10(2)7-13-8-11-9-16-12(14-11)15-3-5-17-6-4-15/h9-10,13H,3-8H2,1-2H3. The molecule has 0 spiro atoms. The third-order valence-electron chi connectivity index (χ3n) is 2.68. The Hall–Kier alpha value is -0.680. The van der Waals surface area contributed by atoms with Crippen LogP contribution in [0, 0.1) is 5.92 Å². The van der Waals surface area contributed by atoms with E-state index in [-0.39, 0.29) is 0 Å². The van der Waals surface area contributed by atoms with E-state index in [1.54, 1.807) is 6.26 Å². The number of aromatic nitrogens is 1. The van der Waals surface area contributed by atoms with E-state index in [4.69, 9.17) is 4.42 Å². The molecule has 5 heteroatoms. The summed E-state index contributed by atoms with van der Waals surface area (Å²) < 4.78 is 5.53. The first kappa shape index (κ1) is 12.8. The van der Waals surface area contributed by atoms with Crippen LogP contribution in [0.15, 0.2) is 10.7 Å². The van der Waals surface area contributed by atoms with Gasteiger partial charge < -0.3 is 14.6 Å². The highest BCUT2D eigenvalue weighted by atomic mass is 32.2. The number of rotatable bonds is 5. The lowest BCUT2D eigenvalue weighted by Crippen LogP contribution is -2.32. The summed E-state index contributed by atoms with van der Waals surface area (Å²) in [6.45, 7) is 8.31. The topological polar surface area (TPSA) is 41.3 Å². The van der Waals surface area contributed by atoms with Gasteiger partial charge in [0.2, 0.25) is 0 Å². The second kappa shape index (κ2) is 6.31. The van der Waals surface area contributed by atoms with Crippen LogP contribution in [0.2, 0.25) is 0 Å². The molecule has 1 aromatic rings. The number of nitrogens with one attached hydrogen (secondary N) is 1. The Morgan fingerprint density at radius 2 is 2.24 bits per heavy atom. The molecule has 1 aliphatic rings. The van der Waals surface area contributed by atoms with E-state index in [0.29, 0.717) is 5.92 Å². The van der Waals surface area contributed by atoms with Gasteiger partial charge in [-0.1, -0.05) is 13.8 Å². The number of nitrogens with zero attached hydrogens (tertiary/aromatic N) is 2. The minimum absolute atomic E-state index is 0.667. The Balaban J connectivity index is 1.82. The van der Waals surface area contributed by atoms with Crippen molar-refractivity contribution in [3.05, 3.63) is 12.0 Å². The predicted molar refractivity (Wildman–Crippen MR) is 72.6 cm³/mol. The maximum absolute atomic E-state index is 5.53. The van der Waals surface area contributed by atoms with Crippen molar-refractivity contribution in [2.24, 2.45) is 5.92 Å². The Kier molecular flexibility index (Phi) is 4.74. The van der Waals surface area contributed by atoms with Crippen molar-refractivity contribution in [2.75, 3.05) is 36.0 Å². The van der Waals surface area contributed by atoms with E-state index in [1.807, 2.05) is 11.8 Å². The number of anilines is 1. The quantitative estimate of drug-likeness (QED) is 0.871. The minimum atomic E-state index is 0.667. The Labute approximate surface area is 107 Å². The molecule has 0 amide bonds. The second-order valence-corrected chi connectivity index (χ2v) is 5.97. The summed E-state index contributed by atoms with van der Waals surface area (Å²) in [6.07, 6.45) is 1.77. The van der Waals surface area contributed by atoms with Gasteiger partial charge in [0.1, 0.15) is 6.26 Å². The zero-order chi connectivity index (χ0) is 12.1. The lowest BCUT2D eigenvalue weighted by Gasteiger charge is -2.24. The van der Waals surface area contributed by atoms with Gasteiger partial charge in [-0.15, -0.1) is 0 Å². The zero-order valence-corrected chi connectivity index (χ0v) is 11.4. The SMILES string of the molecule is CC(C)CNCc1coc(N2CCSCC2)n1. The smallest absolute Gasteiger partial charge is 0.297 e. The first-order valence-electron chi connectivity index (χ1n) is 6.23. The van der Waals surface area contributed by atoms with Gasteiger partial charge in [-0.25, -0.2) is 0 Å². The van der Waals surface area contributed by atoms with Crippen LogP contribution in [-0.4, -0.2) is 36.1 Å². The molecule has 0 bridgehead atoms. The van der Waals surface area contributed by atoms with Gasteiger partial charge in [-0.3, -0.25) is 0 Å². The second-order valence-electron chi connectivity index (χ2n) is 4.75. The molecular formula is C12H21N3OS. The van der Waals surface area contributed by atoms with Crippen LogP contribution in [0.1, 0.15) is 19.5 Å². The Bertz CT molecular complexity index is 334. The zero-order valence-electron chi connectivity index (χ0n) is 10.6. The largest absolute Gasteiger partial charge is 0.432 e. The Morgan fingerprint density at radius 1 is 1.47 bits per heavy atom. The lowest BCUT2D eigenvalue weighted by atomic mass is 10.2. The van der Waals surface area contributed by atoms with E-state index in [1.165, 1.54) is 11.5 Å². The molecule has 17 heavy (non-hydrogen) atoms. The molecule has 1 aromatic heterocycles. The molecule has 2 rings (SSSR count). The maximum Gasteiger partial charge on any atom is 0.297 e. The van der Waals surface area contributed by atoms with Crippen LogP contribution < -0.4 is 10.2 Å². The van der Waals surface area contributed by atoms with Gasteiger partial charge in [0.25, 0.3) is 6.01 Å². The summed E-state index contributed by atoms with van der Waals surface area (Å²) in [7, 11) is 0. The maximum atomic E-state index is 5.53. The fourth-order valence-corrected chi connectivity index (χ4v) is 2.67. The highest BCUT2D eigenvalue weighted by Crippen LogP contribution is 2.18. The summed E-state index contributed by atoms with van der Waals surface area (Å²) in [5.74, 6) is 3.01. The van der Waals surface area contributed by atoms with Crippen LogP contribution >= 0.6 is 11.8 Å². The van der Waals surface area contributed by atoms with Crippen LogP contribution in [0.25, 0.3) is 0 Å². The highest BCUT2D eigenvalue weighted by Gasteiger charge is 2.15. The van der Waals surface area contributed by atoms with Gasteiger partial charge in [-0.05, 0) is 12.5 Å². The lowest BCUT2D eigenvalue weighted by molar-refractivity contribution is 0.532. The fraction of sp³-hybridized carbons (Fsp3) is 0.750. The van der Waals surface area contributed by atoms with Crippen LogP contribution in [-0.2, 0) is 6.54 Å². The van der Waals surface area contributed by atoms with Gasteiger partial charge >= 0.3 is 0 Å². The summed E-state index contributed by atoms with van der Waals surface area (Å²) >= 11 is 1.99. The third kappa shape index (κ3) is 3.92. The molecule has 96 valence electrons. The van der Waals surface area contributed by atoms with Crippen molar-refractivity contribution in [1.82, 2.24) is 10.3 Å². The average molecular weight is 255 g/mol. The van der Waals surface area contributed by atoms with Crippen molar-refractivity contribution in [1.29, 1.82) is 0 Å². The Morgan fingerprint density at radius 3 is 2.94 bits per heavy atom. The van der Waals surface area contributed by atoms with E-state index >= 15 is 0 Å². The molecule has 1 saturated heterocycles. The van der Waals surface area contributed by atoms with Gasteiger partial charge in [0, 0.05) is 31.1 Å². The monoisotopic (exact) mass is 255 g/mol. The van der Waals surface area contributed by atoms with Crippen molar-refractivity contribution in [3.8, 4) is 0 Å².